The van der Waals surface area contributed by atoms with Crippen LogP contribution in [0.25, 0.3) is 0 Å². The van der Waals surface area contributed by atoms with E-state index in [0.717, 1.165) is 12.8 Å². The molecule has 2 fully saturated rings. The summed E-state index contributed by atoms with van der Waals surface area (Å²) in [4.78, 5) is 19.0. The molecule has 3 rings (SSSR count). The summed E-state index contributed by atoms with van der Waals surface area (Å²) in [5.74, 6) is 0.253. The molecule has 98 valence electrons. The van der Waals surface area contributed by atoms with Crippen molar-refractivity contribution in [3.8, 4) is 6.07 Å². The quantitative estimate of drug-likeness (QED) is 0.758. The van der Waals surface area contributed by atoms with Crippen molar-refractivity contribution >= 4 is 5.78 Å². The van der Waals surface area contributed by atoms with Gasteiger partial charge in [-0.2, -0.15) is 5.26 Å². The van der Waals surface area contributed by atoms with E-state index in [4.69, 9.17) is 5.26 Å². The average molecular weight is 255 g/mol. The van der Waals surface area contributed by atoms with Gasteiger partial charge in [0.05, 0.1) is 5.56 Å². The Bertz CT molecular complexity index is 517. The van der Waals surface area contributed by atoms with E-state index in [1.54, 1.807) is 12.1 Å². The van der Waals surface area contributed by atoms with Gasteiger partial charge in [-0.3, -0.25) is 9.78 Å². The number of hydrogen-bond donors (Lipinski definition) is 0. The molecular weight excluding hydrogens is 238 g/mol. The molecule has 0 radical (unpaired) electrons. The van der Waals surface area contributed by atoms with Gasteiger partial charge < -0.3 is 4.90 Å². The number of fused-ring (bicyclic) bond motifs is 2. The Morgan fingerprint density at radius 1 is 1.37 bits per heavy atom. The maximum Gasteiger partial charge on any atom is 0.184 e. The van der Waals surface area contributed by atoms with Gasteiger partial charge in [-0.1, -0.05) is 0 Å². The number of carbonyl (C=O) groups excluding carboxylic acids is 1. The van der Waals surface area contributed by atoms with Gasteiger partial charge in [-0.15, -0.1) is 0 Å². The van der Waals surface area contributed by atoms with Gasteiger partial charge in [-0.25, -0.2) is 0 Å². The van der Waals surface area contributed by atoms with Crippen LogP contribution in [0, 0.1) is 17.2 Å². The van der Waals surface area contributed by atoms with Crippen LogP contribution in [-0.2, 0) is 0 Å². The number of Topliss-reactive ketones (excluding diaryl/α,β-unsaturated/α-hetero) is 1. The lowest BCUT2D eigenvalue weighted by molar-refractivity contribution is 0.0762. The zero-order chi connectivity index (χ0) is 13.4. The highest BCUT2D eigenvalue weighted by Gasteiger charge is 2.41. The molecule has 2 unspecified atom stereocenters. The number of aromatic nitrogens is 1. The number of carbonyl (C=O) groups is 1. The molecule has 1 aromatic rings. The van der Waals surface area contributed by atoms with E-state index in [-0.39, 0.29) is 11.7 Å². The lowest BCUT2D eigenvalue weighted by atomic mass is 9.86. The van der Waals surface area contributed by atoms with E-state index in [1.165, 1.54) is 19.0 Å². The SMILES string of the molecule is CN1C2CCC1CC(C(=O)c1ccc(C#N)cn1)C2. The monoisotopic (exact) mass is 255 g/mol. The molecule has 19 heavy (non-hydrogen) atoms. The minimum Gasteiger partial charge on any atom is -0.300 e. The normalized spacial score (nSPS) is 30.0. The number of nitrogens with zero attached hydrogens (tertiary/aromatic N) is 3. The first-order valence-electron chi connectivity index (χ1n) is 6.81. The van der Waals surface area contributed by atoms with Gasteiger partial charge in [0.2, 0.25) is 0 Å². The summed E-state index contributed by atoms with van der Waals surface area (Å²) in [6.07, 6.45) is 5.81. The fraction of sp³-hybridized carbons (Fsp3) is 0.533. The van der Waals surface area contributed by atoms with Gasteiger partial charge >= 0.3 is 0 Å². The van der Waals surface area contributed by atoms with E-state index in [9.17, 15) is 4.79 Å². The number of piperidine rings is 1. The summed E-state index contributed by atoms with van der Waals surface area (Å²) in [6, 6.07) is 6.50. The molecule has 0 spiro atoms. The van der Waals surface area contributed by atoms with Crippen molar-refractivity contribution < 1.29 is 4.79 Å². The molecule has 2 aliphatic rings. The third kappa shape index (κ3) is 2.15. The predicted molar refractivity (Wildman–Crippen MR) is 70.6 cm³/mol. The lowest BCUT2D eigenvalue weighted by Crippen LogP contribution is -2.42. The van der Waals surface area contributed by atoms with Crippen LogP contribution in [0.3, 0.4) is 0 Å². The Hall–Kier alpha value is -1.73. The third-order valence-corrected chi connectivity index (χ3v) is 4.61. The minimum atomic E-state index is 0.106. The molecule has 4 heteroatoms. The number of ketones is 1. The summed E-state index contributed by atoms with van der Waals surface area (Å²) < 4.78 is 0. The van der Waals surface area contributed by atoms with Crippen LogP contribution in [0.5, 0.6) is 0 Å². The highest BCUT2D eigenvalue weighted by molar-refractivity contribution is 5.96. The molecule has 0 saturated carbocycles. The average Bonchev–Trinajstić information content (AvgIpc) is 2.68. The Morgan fingerprint density at radius 3 is 2.58 bits per heavy atom. The van der Waals surface area contributed by atoms with Crippen molar-refractivity contribution in [2.75, 3.05) is 7.05 Å². The van der Waals surface area contributed by atoms with Crippen molar-refractivity contribution in [2.45, 2.75) is 37.8 Å². The van der Waals surface area contributed by atoms with Crippen LogP contribution in [-0.4, -0.2) is 34.8 Å². The first kappa shape index (κ1) is 12.3. The van der Waals surface area contributed by atoms with Crippen LogP contribution in [0.1, 0.15) is 41.7 Å². The smallest absolute Gasteiger partial charge is 0.184 e. The van der Waals surface area contributed by atoms with Crippen molar-refractivity contribution in [3.05, 3.63) is 29.6 Å². The molecule has 3 heterocycles. The summed E-state index contributed by atoms with van der Waals surface area (Å²) in [7, 11) is 2.17. The molecule has 0 N–H and O–H groups in total. The van der Waals surface area contributed by atoms with Crippen molar-refractivity contribution in [1.82, 2.24) is 9.88 Å². The topological polar surface area (TPSA) is 57.0 Å². The molecule has 4 nitrogen and oxygen atoms in total. The minimum absolute atomic E-state index is 0.106. The van der Waals surface area contributed by atoms with E-state index < -0.39 is 0 Å². The number of nitriles is 1. The molecule has 2 bridgehead atoms. The number of rotatable bonds is 2. The maximum absolute atomic E-state index is 12.5. The van der Waals surface area contributed by atoms with Crippen molar-refractivity contribution in [1.29, 1.82) is 5.26 Å². The van der Waals surface area contributed by atoms with Crippen LogP contribution in [0.4, 0.5) is 0 Å². The Balaban J connectivity index is 1.76. The standard InChI is InChI=1S/C15H17N3O/c1-18-12-3-4-13(18)7-11(6-12)15(19)14-5-2-10(8-16)9-17-14/h2,5,9,11-13H,3-4,6-7H2,1H3. The Morgan fingerprint density at radius 2 is 2.05 bits per heavy atom. The predicted octanol–water partition coefficient (Wildman–Crippen LogP) is 2.01. The van der Waals surface area contributed by atoms with Gasteiger partial charge in [0.15, 0.2) is 5.78 Å². The fourth-order valence-electron chi connectivity index (χ4n) is 3.44. The number of hydrogen-bond acceptors (Lipinski definition) is 4. The van der Waals surface area contributed by atoms with Gasteiger partial charge in [0, 0.05) is 24.2 Å². The lowest BCUT2D eigenvalue weighted by Gasteiger charge is -2.35. The summed E-state index contributed by atoms with van der Waals surface area (Å²) in [6.45, 7) is 0. The molecule has 2 saturated heterocycles. The van der Waals surface area contributed by atoms with Crippen LogP contribution in [0.15, 0.2) is 18.3 Å². The first-order valence-corrected chi connectivity index (χ1v) is 6.81. The van der Waals surface area contributed by atoms with Gasteiger partial charge in [0.25, 0.3) is 0 Å². The van der Waals surface area contributed by atoms with Crippen LogP contribution >= 0.6 is 0 Å². The second-order valence-electron chi connectivity index (χ2n) is 5.63. The summed E-state index contributed by atoms with van der Waals surface area (Å²) in [5.41, 5.74) is 1.01. The maximum atomic E-state index is 12.5. The summed E-state index contributed by atoms with van der Waals surface area (Å²) >= 11 is 0. The molecule has 2 aliphatic heterocycles. The van der Waals surface area contributed by atoms with Gasteiger partial charge in [0.1, 0.15) is 11.8 Å². The van der Waals surface area contributed by atoms with Crippen molar-refractivity contribution in [3.63, 3.8) is 0 Å². The second-order valence-corrected chi connectivity index (χ2v) is 5.63. The van der Waals surface area contributed by atoms with Gasteiger partial charge in [-0.05, 0) is 44.9 Å². The summed E-state index contributed by atoms with van der Waals surface area (Å²) in [5, 5.41) is 8.74. The Kier molecular flexibility index (Phi) is 3.08. The molecule has 0 aromatic carbocycles. The van der Waals surface area contributed by atoms with E-state index >= 15 is 0 Å². The molecule has 0 amide bonds. The zero-order valence-corrected chi connectivity index (χ0v) is 11.0. The zero-order valence-electron chi connectivity index (χ0n) is 11.0. The molecule has 1 aromatic heterocycles. The molecular formula is C15H17N3O. The fourth-order valence-corrected chi connectivity index (χ4v) is 3.44. The number of pyridine rings is 1. The van der Waals surface area contributed by atoms with Crippen LogP contribution in [0.2, 0.25) is 0 Å². The highest BCUT2D eigenvalue weighted by Crippen LogP contribution is 2.38. The van der Waals surface area contributed by atoms with E-state index in [2.05, 4.69) is 16.9 Å². The van der Waals surface area contributed by atoms with E-state index in [1.807, 2.05) is 6.07 Å². The molecule has 0 aliphatic carbocycles. The van der Waals surface area contributed by atoms with E-state index in [0.29, 0.717) is 23.3 Å². The second kappa shape index (κ2) is 4.75. The largest absolute Gasteiger partial charge is 0.300 e. The highest BCUT2D eigenvalue weighted by atomic mass is 16.1. The van der Waals surface area contributed by atoms with Crippen molar-refractivity contribution in [2.24, 2.45) is 5.92 Å². The first-order chi connectivity index (χ1) is 9.19. The Labute approximate surface area is 113 Å². The van der Waals surface area contributed by atoms with Crippen LogP contribution < -0.4 is 0 Å². The third-order valence-electron chi connectivity index (χ3n) is 4.61. The molecule has 2 atom stereocenters.